The van der Waals surface area contributed by atoms with Gasteiger partial charge in [-0.3, -0.25) is 4.98 Å². The van der Waals surface area contributed by atoms with Gasteiger partial charge < -0.3 is 4.90 Å². The van der Waals surface area contributed by atoms with E-state index in [-0.39, 0.29) is 10.7 Å². The molecule has 0 bridgehead atoms. The van der Waals surface area contributed by atoms with Gasteiger partial charge in [0.1, 0.15) is 5.82 Å². The molecule has 4 nitrogen and oxygen atoms in total. The number of rotatable bonds is 1. The third kappa shape index (κ3) is 1.56. The zero-order chi connectivity index (χ0) is 12.9. The van der Waals surface area contributed by atoms with E-state index in [1.165, 1.54) is 25.0 Å². The second-order valence-electron chi connectivity index (χ2n) is 5.28. The van der Waals surface area contributed by atoms with Crippen LogP contribution in [0.1, 0.15) is 25.0 Å². The van der Waals surface area contributed by atoms with Gasteiger partial charge in [0.05, 0.1) is 11.4 Å². The Bertz CT molecular complexity index is 639. The lowest BCUT2D eigenvalue weighted by Gasteiger charge is -2.38. The van der Waals surface area contributed by atoms with Crippen LogP contribution in [0.25, 0.3) is 0 Å². The maximum Gasteiger partial charge on any atom is 0.224 e. The van der Waals surface area contributed by atoms with Crippen molar-refractivity contribution in [1.82, 2.24) is 15.0 Å². The molecule has 0 radical (unpaired) electrons. The van der Waals surface area contributed by atoms with E-state index in [1.54, 1.807) is 6.20 Å². The Morgan fingerprint density at radius 3 is 2.79 bits per heavy atom. The molecule has 5 heteroatoms. The lowest BCUT2D eigenvalue weighted by Crippen LogP contribution is -2.38. The quantitative estimate of drug-likeness (QED) is 0.748. The van der Waals surface area contributed by atoms with Crippen LogP contribution in [0.2, 0.25) is 5.28 Å². The second-order valence-corrected chi connectivity index (χ2v) is 5.61. The van der Waals surface area contributed by atoms with Crippen molar-refractivity contribution in [1.29, 1.82) is 0 Å². The van der Waals surface area contributed by atoms with E-state index in [9.17, 15) is 0 Å². The average molecular weight is 273 g/mol. The predicted octanol–water partition coefficient (Wildman–Crippen LogP) is 3.10. The third-order valence-corrected chi connectivity index (χ3v) is 4.42. The maximum absolute atomic E-state index is 5.90. The minimum absolute atomic E-state index is 0.230. The van der Waals surface area contributed by atoms with Crippen molar-refractivity contribution in [3.63, 3.8) is 0 Å². The molecular formula is C14H13ClN4. The van der Waals surface area contributed by atoms with Crippen LogP contribution in [-0.2, 0) is 5.41 Å². The minimum atomic E-state index is 0.230. The van der Waals surface area contributed by atoms with Crippen LogP contribution in [0.5, 0.6) is 0 Å². The van der Waals surface area contributed by atoms with Gasteiger partial charge in [0.2, 0.25) is 5.28 Å². The molecule has 4 rings (SSSR count). The fourth-order valence-corrected chi connectivity index (χ4v) is 3.31. The smallest absolute Gasteiger partial charge is 0.224 e. The Kier molecular flexibility index (Phi) is 2.30. The first-order valence-corrected chi connectivity index (χ1v) is 6.88. The van der Waals surface area contributed by atoms with Crippen molar-refractivity contribution < 1.29 is 0 Å². The number of halogens is 1. The average Bonchev–Trinajstić information content (AvgIpc) is 2.74. The van der Waals surface area contributed by atoms with Gasteiger partial charge in [0.15, 0.2) is 0 Å². The van der Waals surface area contributed by atoms with Crippen molar-refractivity contribution in [3.05, 3.63) is 41.6 Å². The molecule has 1 aliphatic carbocycles. The van der Waals surface area contributed by atoms with Crippen LogP contribution < -0.4 is 4.90 Å². The summed E-state index contributed by atoms with van der Waals surface area (Å²) in [7, 11) is 0. The van der Waals surface area contributed by atoms with Crippen molar-refractivity contribution in [3.8, 4) is 0 Å². The van der Waals surface area contributed by atoms with Gasteiger partial charge in [-0.15, -0.1) is 0 Å². The van der Waals surface area contributed by atoms with Crippen LogP contribution in [0, 0.1) is 0 Å². The molecule has 2 aliphatic rings. The van der Waals surface area contributed by atoms with E-state index in [0.717, 1.165) is 18.1 Å². The summed E-state index contributed by atoms with van der Waals surface area (Å²) in [5, 5.41) is 0.289. The number of aromatic nitrogens is 3. The standard InChI is InChI=1S/C14H13ClN4/c15-13-17-8-4-11(18-13)19-9-14(5-2-6-14)12-10(19)3-1-7-16-12/h1,3-4,7-8H,2,5-6,9H2. The summed E-state index contributed by atoms with van der Waals surface area (Å²) in [6.07, 6.45) is 7.30. The van der Waals surface area contributed by atoms with Crippen molar-refractivity contribution in [2.24, 2.45) is 0 Å². The maximum atomic E-state index is 5.90. The fourth-order valence-electron chi connectivity index (χ4n) is 3.17. The van der Waals surface area contributed by atoms with Gasteiger partial charge in [-0.25, -0.2) is 9.97 Å². The largest absolute Gasteiger partial charge is 0.324 e. The SMILES string of the molecule is Clc1nccc(N2CC3(CCC3)c3ncccc32)n1. The molecule has 0 saturated heterocycles. The predicted molar refractivity (Wildman–Crippen MR) is 73.8 cm³/mol. The highest BCUT2D eigenvalue weighted by atomic mass is 35.5. The zero-order valence-corrected chi connectivity index (χ0v) is 11.1. The van der Waals surface area contributed by atoms with E-state index < -0.39 is 0 Å². The van der Waals surface area contributed by atoms with Crippen molar-refractivity contribution >= 4 is 23.1 Å². The number of anilines is 2. The highest BCUT2D eigenvalue weighted by molar-refractivity contribution is 6.28. The van der Waals surface area contributed by atoms with Gasteiger partial charge in [0, 0.05) is 24.4 Å². The Labute approximate surface area is 116 Å². The molecule has 19 heavy (non-hydrogen) atoms. The molecule has 0 N–H and O–H groups in total. The first kappa shape index (κ1) is 11.2. The Balaban J connectivity index is 1.83. The number of hydrogen-bond donors (Lipinski definition) is 0. The Hall–Kier alpha value is -1.68. The monoisotopic (exact) mass is 272 g/mol. The van der Waals surface area contributed by atoms with Crippen LogP contribution in [-0.4, -0.2) is 21.5 Å². The summed E-state index contributed by atoms with van der Waals surface area (Å²) in [5.41, 5.74) is 2.61. The zero-order valence-electron chi connectivity index (χ0n) is 10.4. The number of fused-ring (bicyclic) bond motifs is 2. The van der Waals surface area contributed by atoms with E-state index in [4.69, 9.17) is 11.6 Å². The first-order valence-electron chi connectivity index (χ1n) is 6.50. The van der Waals surface area contributed by atoms with Gasteiger partial charge in [-0.2, -0.15) is 0 Å². The molecule has 1 saturated carbocycles. The van der Waals surface area contributed by atoms with Crippen LogP contribution in [0.15, 0.2) is 30.6 Å². The fraction of sp³-hybridized carbons (Fsp3) is 0.357. The van der Waals surface area contributed by atoms with Gasteiger partial charge in [-0.05, 0) is 42.6 Å². The molecule has 96 valence electrons. The van der Waals surface area contributed by atoms with Crippen molar-refractivity contribution in [2.45, 2.75) is 24.7 Å². The lowest BCUT2D eigenvalue weighted by molar-refractivity contribution is 0.260. The third-order valence-electron chi connectivity index (χ3n) is 4.24. The highest BCUT2D eigenvalue weighted by Gasteiger charge is 2.48. The van der Waals surface area contributed by atoms with Gasteiger partial charge in [-0.1, -0.05) is 6.42 Å². The summed E-state index contributed by atoms with van der Waals surface area (Å²) < 4.78 is 0. The molecule has 0 atom stereocenters. The molecule has 0 amide bonds. The van der Waals surface area contributed by atoms with E-state index in [0.29, 0.717) is 0 Å². The van der Waals surface area contributed by atoms with Crippen LogP contribution in [0.4, 0.5) is 11.5 Å². The van der Waals surface area contributed by atoms with E-state index in [2.05, 4.69) is 25.9 Å². The van der Waals surface area contributed by atoms with Gasteiger partial charge >= 0.3 is 0 Å². The first-order chi connectivity index (χ1) is 9.28. The lowest BCUT2D eigenvalue weighted by atomic mass is 9.67. The van der Waals surface area contributed by atoms with Crippen molar-refractivity contribution in [2.75, 3.05) is 11.4 Å². The summed E-state index contributed by atoms with van der Waals surface area (Å²) in [5.74, 6) is 0.859. The molecule has 1 spiro atoms. The van der Waals surface area contributed by atoms with E-state index >= 15 is 0 Å². The van der Waals surface area contributed by atoms with E-state index in [1.807, 2.05) is 18.3 Å². The Morgan fingerprint density at radius 2 is 2.05 bits per heavy atom. The topological polar surface area (TPSA) is 41.9 Å². The minimum Gasteiger partial charge on any atom is -0.324 e. The molecule has 1 aliphatic heterocycles. The molecule has 2 aromatic rings. The molecule has 3 heterocycles. The van der Waals surface area contributed by atoms with Crippen LogP contribution in [0.3, 0.4) is 0 Å². The molecule has 0 unspecified atom stereocenters. The molecule has 1 fully saturated rings. The second kappa shape index (κ2) is 3.90. The highest BCUT2D eigenvalue weighted by Crippen LogP contribution is 2.53. The summed E-state index contributed by atoms with van der Waals surface area (Å²) >= 11 is 5.90. The molecular weight excluding hydrogens is 260 g/mol. The number of nitrogens with zero attached hydrogens (tertiary/aromatic N) is 4. The number of hydrogen-bond acceptors (Lipinski definition) is 4. The Morgan fingerprint density at radius 1 is 1.16 bits per heavy atom. The van der Waals surface area contributed by atoms with Crippen LogP contribution >= 0.6 is 11.6 Å². The number of pyridine rings is 1. The summed E-state index contributed by atoms with van der Waals surface area (Å²) in [6.45, 7) is 0.951. The molecule has 2 aromatic heterocycles. The summed E-state index contributed by atoms with van der Waals surface area (Å²) in [6, 6.07) is 6.00. The normalized spacial score (nSPS) is 19.3. The summed E-state index contributed by atoms with van der Waals surface area (Å²) in [4.78, 5) is 15.1. The molecule has 0 aromatic carbocycles. The van der Waals surface area contributed by atoms with Gasteiger partial charge in [0.25, 0.3) is 0 Å².